The van der Waals surface area contributed by atoms with Gasteiger partial charge >= 0.3 is 5.97 Å². The Bertz CT molecular complexity index is 582. The van der Waals surface area contributed by atoms with Crippen LogP contribution in [0, 0.1) is 0 Å². The number of halogens is 1. The highest BCUT2D eigenvalue weighted by molar-refractivity contribution is 9.10. The number of nitrogens with two attached hydrogens (primary N) is 1. The second-order valence-corrected chi connectivity index (χ2v) is 5.40. The first-order valence-corrected chi connectivity index (χ1v) is 6.72. The molecule has 3 N–H and O–H groups in total. The molecule has 0 atom stereocenters. The van der Waals surface area contributed by atoms with Crippen molar-refractivity contribution in [3.63, 3.8) is 0 Å². The molecule has 0 aliphatic carbocycles. The molecular formula is C12H10BrNO3S. The van der Waals surface area contributed by atoms with E-state index in [1.54, 1.807) is 0 Å². The van der Waals surface area contributed by atoms with Crippen LogP contribution >= 0.6 is 27.3 Å². The van der Waals surface area contributed by atoms with Crippen molar-refractivity contribution in [2.45, 2.75) is 6.61 Å². The molecule has 0 radical (unpaired) electrons. The smallest absolute Gasteiger partial charge is 0.339 e. The summed E-state index contributed by atoms with van der Waals surface area (Å²) in [4.78, 5) is 12.0. The van der Waals surface area contributed by atoms with Gasteiger partial charge in [0.2, 0.25) is 0 Å². The van der Waals surface area contributed by atoms with E-state index in [1.165, 1.54) is 29.5 Å². The molecule has 1 heterocycles. The first-order chi connectivity index (χ1) is 8.58. The third-order valence-electron chi connectivity index (χ3n) is 2.29. The number of carboxylic acid groups (broad SMARTS) is 1. The zero-order valence-electron chi connectivity index (χ0n) is 9.22. The molecule has 94 valence electrons. The van der Waals surface area contributed by atoms with Gasteiger partial charge in [0.15, 0.2) is 0 Å². The van der Waals surface area contributed by atoms with Crippen molar-refractivity contribution in [1.29, 1.82) is 0 Å². The fraction of sp³-hybridized carbons (Fsp3) is 0.0833. The summed E-state index contributed by atoms with van der Waals surface area (Å²) in [6, 6.07) is 6.42. The Labute approximate surface area is 116 Å². The summed E-state index contributed by atoms with van der Waals surface area (Å²) in [5.41, 5.74) is 6.21. The Balaban J connectivity index is 2.20. The molecule has 2 aromatic rings. The molecule has 1 aromatic heterocycles. The lowest BCUT2D eigenvalue weighted by Crippen LogP contribution is -2.03. The standard InChI is InChI=1S/C12H10BrNO3S/c13-9-3-4-18-11(9)6-17-10-5-7(14)1-2-8(10)12(15)16/h1-5H,6,14H2,(H,15,16). The molecule has 18 heavy (non-hydrogen) atoms. The average Bonchev–Trinajstić information content (AvgIpc) is 2.72. The number of ether oxygens (including phenoxy) is 1. The van der Waals surface area contributed by atoms with Gasteiger partial charge in [-0.05, 0) is 39.5 Å². The molecule has 0 fully saturated rings. The molecule has 0 spiro atoms. The molecular weight excluding hydrogens is 318 g/mol. The summed E-state index contributed by atoms with van der Waals surface area (Å²) in [7, 11) is 0. The maximum absolute atomic E-state index is 11.0. The van der Waals surface area contributed by atoms with E-state index in [0.717, 1.165) is 9.35 Å². The van der Waals surface area contributed by atoms with Crippen molar-refractivity contribution in [3.8, 4) is 5.75 Å². The Morgan fingerprint density at radius 3 is 2.83 bits per heavy atom. The number of benzene rings is 1. The molecule has 4 nitrogen and oxygen atoms in total. The number of hydrogen-bond acceptors (Lipinski definition) is 4. The molecule has 0 bridgehead atoms. The van der Waals surface area contributed by atoms with Crippen LogP contribution in [0.1, 0.15) is 15.2 Å². The normalized spacial score (nSPS) is 10.3. The van der Waals surface area contributed by atoms with E-state index in [0.29, 0.717) is 12.3 Å². The van der Waals surface area contributed by atoms with Crippen molar-refractivity contribution in [2.24, 2.45) is 0 Å². The Kier molecular flexibility index (Phi) is 3.88. The maximum atomic E-state index is 11.0. The number of carbonyl (C=O) groups is 1. The predicted octanol–water partition coefficient (Wildman–Crippen LogP) is 3.37. The van der Waals surface area contributed by atoms with Crippen molar-refractivity contribution in [2.75, 3.05) is 5.73 Å². The molecule has 0 saturated heterocycles. The highest BCUT2D eigenvalue weighted by Gasteiger charge is 2.12. The molecule has 0 saturated carbocycles. The van der Waals surface area contributed by atoms with Gasteiger partial charge in [-0.15, -0.1) is 11.3 Å². The Morgan fingerprint density at radius 1 is 1.44 bits per heavy atom. The molecule has 0 aliphatic rings. The van der Waals surface area contributed by atoms with Crippen molar-refractivity contribution >= 4 is 38.9 Å². The number of aromatic carboxylic acids is 1. The minimum Gasteiger partial charge on any atom is -0.487 e. The van der Waals surface area contributed by atoms with Crippen LogP contribution in [0.25, 0.3) is 0 Å². The molecule has 0 amide bonds. The monoisotopic (exact) mass is 327 g/mol. The van der Waals surface area contributed by atoms with E-state index in [9.17, 15) is 4.79 Å². The maximum Gasteiger partial charge on any atom is 0.339 e. The first kappa shape index (κ1) is 12.9. The second-order valence-electron chi connectivity index (χ2n) is 3.54. The minimum atomic E-state index is -1.03. The summed E-state index contributed by atoms with van der Waals surface area (Å²) < 4.78 is 6.48. The molecule has 0 aliphatic heterocycles. The van der Waals surface area contributed by atoms with Gasteiger partial charge in [-0.25, -0.2) is 4.79 Å². The van der Waals surface area contributed by atoms with E-state index in [-0.39, 0.29) is 11.3 Å². The van der Waals surface area contributed by atoms with Crippen LogP contribution in [0.2, 0.25) is 0 Å². The fourth-order valence-corrected chi connectivity index (χ4v) is 2.78. The summed E-state index contributed by atoms with van der Waals surface area (Å²) in [6.07, 6.45) is 0. The van der Waals surface area contributed by atoms with Crippen molar-refractivity contribution < 1.29 is 14.6 Å². The van der Waals surface area contributed by atoms with Gasteiger partial charge in [0, 0.05) is 16.2 Å². The summed E-state index contributed by atoms with van der Waals surface area (Å²) in [6.45, 7) is 0.308. The van der Waals surface area contributed by atoms with Gasteiger partial charge in [-0.1, -0.05) is 0 Å². The summed E-state index contributed by atoms with van der Waals surface area (Å²) >= 11 is 4.93. The molecule has 1 aromatic carbocycles. The third-order valence-corrected chi connectivity index (χ3v) is 4.19. The van der Waals surface area contributed by atoms with Gasteiger partial charge in [-0.3, -0.25) is 0 Å². The largest absolute Gasteiger partial charge is 0.487 e. The van der Waals surface area contributed by atoms with Gasteiger partial charge in [-0.2, -0.15) is 0 Å². The van der Waals surface area contributed by atoms with E-state index < -0.39 is 5.97 Å². The zero-order valence-corrected chi connectivity index (χ0v) is 11.6. The molecule has 0 unspecified atom stereocenters. The van der Waals surface area contributed by atoms with E-state index in [1.807, 2.05) is 11.4 Å². The summed E-state index contributed by atoms with van der Waals surface area (Å²) in [5, 5.41) is 11.0. The van der Waals surface area contributed by atoms with E-state index in [4.69, 9.17) is 15.6 Å². The van der Waals surface area contributed by atoms with Gasteiger partial charge in [0.25, 0.3) is 0 Å². The highest BCUT2D eigenvalue weighted by Crippen LogP contribution is 2.27. The number of nitrogen functional groups attached to an aromatic ring is 1. The third kappa shape index (κ3) is 2.83. The number of hydrogen-bond donors (Lipinski definition) is 2. The number of rotatable bonds is 4. The lowest BCUT2D eigenvalue weighted by atomic mass is 10.2. The van der Waals surface area contributed by atoms with E-state index >= 15 is 0 Å². The van der Waals surface area contributed by atoms with Crippen LogP contribution in [0.4, 0.5) is 5.69 Å². The molecule has 2 rings (SSSR count). The van der Waals surface area contributed by atoms with Crippen LogP contribution in [-0.4, -0.2) is 11.1 Å². The van der Waals surface area contributed by atoms with Crippen LogP contribution in [0.3, 0.4) is 0 Å². The first-order valence-electron chi connectivity index (χ1n) is 5.05. The molecule has 6 heteroatoms. The minimum absolute atomic E-state index is 0.108. The highest BCUT2D eigenvalue weighted by atomic mass is 79.9. The van der Waals surface area contributed by atoms with Gasteiger partial charge in [0.05, 0.1) is 4.88 Å². The van der Waals surface area contributed by atoms with E-state index in [2.05, 4.69) is 15.9 Å². The zero-order chi connectivity index (χ0) is 13.1. The number of thiophene rings is 1. The van der Waals surface area contributed by atoms with Crippen LogP contribution in [-0.2, 0) is 6.61 Å². The predicted molar refractivity (Wildman–Crippen MR) is 74.2 cm³/mol. The second kappa shape index (κ2) is 5.41. The topological polar surface area (TPSA) is 72.6 Å². The van der Waals surface area contributed by atoms with Crippen molar-refractivity contribution in [3.05, 3.63) is 44.6 Å². The van der Waals surface area contributed by atoms with Gasteiger partial charge in [0.1, 0.15) is 17.9 Å². The van der Waals surface area contributed by atoms with Gasteiger partial charge < -0.3 is 15.6 Å². The quantitative estimate of drug-likeness (QED) is 0.844. The SMILES string of the molecule is Nc1ccc(C(=O)O)c(OCc2sccc2Br)c1. The van der Waals surface area contributed by atoms with Crippen molar-refractivity contribution in [1.82, 2.24) is 0 Å². The fourth-order valence-electron chi connectivity index (χ4n) is 1.41. The number of carboxylic acids is 1. The lowest BCUT2D eigenvalue weighted by Gasteiger charge is -2.09. The summed E-state index contributed by atoms with van der Waals surface area (Å²) in [5.74, 6) is -0.752. The van der Waals surface area contributed by atoms with Crippen LogP contribution in [0.5, 0.6) is 5.75 Å². The number of anilines is 1. The lowest BCUT2D eigenvalue weighted by molar-refractivity contribution is 0.0692. The average molecular weight is 328 g/mol. The Hall–Kier alpha value is -1.53. The van der Waals surface area contributed by atoms with Crippen LogP contribution < -0.4 is 10.5 Å². The van der Waals surface area contributed by atoms with Crippen LogP contribution in [0.15, 0.2) is 34.1 Å². The Morgan fingerprint density at radius 2 is 2.22 bits per heavy atom.